The van der Waals surface area contributed by atoms with Gasteiger partial charge in [-0.1, -0.05) is 13.3 Å². The molecule has 0 heterocycles. The third-order valence-corrected chi connectivity index (χ3v) is 0.512. The largest absolute Gasteiger partial charge is 0.396 e. The van der Waals surface area contributed by atoms with E-state index in [1.165, 1.54) is 0 Å². The van der Waals surface area contributed by atoms with Crippen molar-refractivity contribution < 1.29 is 48.5 Å². The van der Waals surface area contributed by atoms with E-state index in [1.54, 1.807) is 0 Å². The van der Waals surface area contributed by atoms with Gasteiger partial charge in [0.05, 0.1) is 0 Å². The smallest absolute Gasteiger partial charge is 0.0430 e. The second kappa shape index (κ2) is 15.7. The summed E-state index contributed by atoms with van der Waals surface area (Å²) in [5.41, 5.74) is 0. The first-order valence-corrected chi connectivity index (χ1v) is 2.02. The van der Waals surface area contributed by atoms with Gasteiger partial charge in [0, 0.05) is 50.0 Å². The van der Waals surface area contributed by atoms with Crippen LogP contribution < -0.4 is 0 Å². The van der Waals surface area contributed by atoms with Crippen molar-refractivity contribution in [2.45, 2.75) is 19.8 Å². The Hall–Kier alpha value is 1.39. The van der Waals surface area contributed by atoms with Gasteiger partial charge < -0.3 is 5.11 Å². The third-order valence-electron chi connectivity index (χ3n) is 0.512. The molecule has 0 aromatic heterocycles. The standard InChI is InChI=1S/C4H10O.2Ti/c1-2-3-4-5;;/h5H,2-4H2,1H3;;. The summed E-state index contributed by atoms with van der Waals surface area (Å²) in [5, 5.41) is 8.07. The van der Waals surface area contributed by atoms with E-state index < -0.39 is 0 Å². The van der Waals surface area contributed by atoms with Gasteiger partial charge in [-0.25, -0.2) is 0 Å². The van der Waals surface area contributed by atoms with E-state index in [0.717, 1.165) is 12.8 Å². The van der Waals surface area contributed by atoms with E-state index >= 15 is 0 Å². The first kappa shape index (κ1) is 15.8. The molecule has 7 heavy (non-hydrogen) atoms. The van der Waals surface area contributed by atoms with Crippen LogP contribution in [0.5, 0.6) is 0 Å². The molecule has 0 radical (unpaired) electrons. The molecule has 1 nitrogen and oxygen atoms in total. The fourth-order valence-corrected chi connectivity index (χ4v) is 0.158. The molecule has 3 heteroatoms. The van der Waals surface area contributed by atoms with Gasteiger partial charge in [0.15, 0.2) is 0 Å². The number of hydrogen-bond acceptors (Lipinski definition) is 1. The van der Waals surface area contributed by atoms with Crippen LogP contribution in [0.15, 0.2) is 0 Å². The molecule has 0 atom stereocenters. The van der Waals surface area contributed by atoms with Crippen molar-refractivity contribution in [2.75, 3.05) is 6.61 Å². The molecular formula is C4H10OTi2. The average Bonchev–Trinajstić information content (AvgIpc) is 1.41. The molecule has 0 aromatic carbocycles. The zero-order chi connectivity index (χ0) is 4.12. The molecule has 0 saturated heterocycles. The molecule has 0 amide bonds. The van der Waals surface area contributed by atoms with Crippen molar-refractivity contribution in [3.63, 3.8) is 0 Å². The molecule has 0 aliphatic carbocycles. The SMILES string of the molecule is CCCCO.[Ti].[Ti]. The fourth-order valence-electron chi connectivity index (χ4n) is 0.158. The first-order chi connectivity index (χ1) is 2.41. The summed E-state index contributed by atoms with van der Waals surface area (Å²) < 4.78 is 0. The van der Waals surface area contributed by atoms with Gasteiger partial charge in [0.25, 0.3) is 0 Å². The van der Waals surface area contributed by atoms with Crippen LogP contribution in [0.25, 0.3) is 0 Å². The van der Waals surface area contributed by atoms with E-state index in [4.69, 9.17) is 5.11 Å². The summed E-state index contributed by atoms with van der Waals surface area (Å²) >= 11 is 0. The topological polar surface area (TPSA) is 20.2 Å². The maximum absolute atomic E-state index is 8.07. The van der Waals surface area contributed by atoms with Crippen LogP contribution in [-0.2, 0) is 43.4 Å². The van der Waals surface area contributed by atoms with Crippen molar-refractivity contribution >= 4 is 0 Å². The Balaban J connectivity index is -0.0000000800. The van der Waals surface area contributed by atoms with Gasteiger partial charge in [-0.05, 0) is 6.42 Å². The van der Waals surface area contributed by atoms with Crippen molar-refractivity contribution in [3.05, 3.63) is 0 Å². The zero-order valence-corrected chi connectivity index (χ0v) is 7.69. The number of hydrogen-bond donors (Lipinski definition) is 1. The molecule has 0 aliphatic heterocycles. The van der Waals surface area contributed by atoms with E-state index in [1.807, 2.05) is 0 Å². The molecule has 0 bridgehead atoms. The van der Waals surface area contributed by atoms with Crippen LogP contribution >= 0.6 is 0 Å². The van der Waals surface area contributed by atoms with Crippen LogP contribution in [0, 0.1) is 0 Å². The van der Waals surface area contributed by atoms with Gasteiger partial charge in [0.2, 0.25) is 0 Å². The second-order valence-corrected chi connectivity index (χ2v) is 1.08. The molecular weight excluding hydrogens is 160 g/mol. The Morgan fingerprint density at radius 2 is 1.71 bits per heavy atom. The Labute approximate surface area is 74.6 Å². The first-order valence-electron chi connectivity index (χ1n) is 2.02. The van der Waals surface area contributed by atoms with E-state index in [9.17, 15) is 0 Å². The Kier molecular flexibility index (Phi) is 35.3. The van der Waals surface area contributed by atoms with Crippen molar-refractivity contribution in [2.24, 2.45) is 0 Å². The Morgan fingerprint density at radius 1 is 1.29 bits per heavy atom. The Bertz CT molecular complexity index is 17.2. The zero-order valence-electron chi connectivity index (χ0n) is 4.57. The quantitative estimate of drug-likeness (QED) is 0.606. The number of unbranched alkanes of at least 4 members (excludes halogenated alkanes) is 1. The van der Waals surface area contributed by atoms with Gasteiger partial charge >= 0.3 is 0 Å². The van der Waals surface area contributed by atoms with Gasteiger partial charge in [0.1, 0.15) is 0 Å². The molecule has 0 aromatic rings. The minimum absolute atomic E-state index is 0. The van der Waals surface area contributed by atoms with Crippen LogP contribution in [0.1, 0.15) is 19.8 Å². The molecule has 1 N–H and O–H groups in total. The maximum Gasteiger partial charge on any atom is 0.0430 e. The minimum Gasteiger partial charge on any atom is -0.396 e. The van der Waals surface area contributed by atoms with E-state index in [-0.39, 0.29) is 43.4 Å². The molecule has 0 saturated carbocycles. The fraction of sp³-hybridized carbons (Fsp3) is 1.00. The molecule has 0 aliphatic rings. The van der Waals surface area contributed by atoms with Gasteiger partial charge in [-0.3, -0.25) is 0 Å². The van der Waals surface area contributed by atoms with Crippen molar-refractivity contribution in [1.82, 2.24) is 0 Å². The summed E-state index contributed by atoms with van der Waals surface area (Å²) in [6, 6.07) is 0. The third kappa shape index (κ3) is 18.7. The predicted octanol–water partition coefficient (Wildman–Crippen LogP) is 0.774. The normalized spacial score (nSPS) is 6.00. The summed E-state index contributed by atoms with van der Waals surface area (Å²) in [5.74, 6) is 0. The molecule has 0 fully saturated rings. The molecule has 40 valence electrons. The summed E-state index contributed by atoms with van der Waals surface area (Å²) in [4.78, 5) is 0. The van der Waals surface area contributed by atoms with Crippen LogP contribution in [0.4, 0.5) is 0 Å². The molecule has 0 spiro atoms. The summed E-state index contributed by atoms with van der Waals surface area (Å²) in [6.07, 6.45) is 2.04. The van der Waals surface area contributed by atoms with Gasteiger partial charge in [-0.2, -0.15) is 0 Å². The monoisotopic (exact) mass is 170 g/mol. The average molecular weight is 170 g/mol. The summed E-state index contributed by atoms with van der Waals surface area (Å²) in [7, 11) is 0. The number of aliphatic hydroxyl groups excluding tert-OH is 1. The second-order valence-electron chi connectivity index (χ2n) is 1.08. The Morgan fingerprint density at radius 3 is 1.71 bits per heavy atom. The van der Waals surface area contributed by atoms with Crippen LogP contribution in [0.2, 0.25) is 0 Å². The number of aliphatic hydroxyl groups is 1. The van der Waals surface area contributed by atoms with Crippen LogP contribution in [-0.4, -0.2) is 11.7 Å². The number of rotatable bonds is 2. The van der Waals surface area contributed by atoms with Crippen LogP contribution in [0.3, 0.4) is 0 Å². The van der Waals surface area contributed by atoms with Gasteiger partial charge in [-0.15, -0.1) is 0 Å². The molecule has 0 unspecified atom stereocenters. The molecule has 0 rings (SSSR count). The summed E-state index contributed by atoms with van der Waals surface area (Å²) in [6.45, 7) is 2.40. The maximum atomic E-state index is 8.07. The van der Waals surface area contributed by atoms with E-state index in [0.29, 0.717) is 6.61 Å². The predicted molar refractivity (Wildman–Crippen MR) is 22.0 cm³/mol. The van der Waals surface area contributed by atoms with Crippen molar-refractivity contribution in [3.8, 4) is 0 Å². The van der Waals surface area contributed by atoms with E-state index in [2.05, 4.69) is 6.92 Å². The van der Waals surface area contributed by atoms with Crippen molar-refractivity contribution in [1.29, 1.82) is 0 Å². The minimum atomic E-state index is 0.